The lowest BCUT2D eigenvalue weighted by molar-refractivity contribution is -0.00546. The lowest BCUT2D eigenvalue weighted by atomic mass is 9.98. The van der Waals surface area contributed by atoms with Crippen LogP contribution in [0.2, 0.25) is 0 Å². The van der Waals surface area contributed by atoms with Crippen molar-refractivity contribution in [3.63, 3.8) is 0 Å². The van der Waals surface area contributed by atoms with Crippen molar-refractivity contribution in [2.24, 2.45) is 4.99 Å². The molecular formula is C21H22N6O. The Kier molecular flexibility index (Phi) is 4.16. The Morgan fingerprint density at radius 2 is 1.93 bits per heavy atom. The second-order valence-corrected chi connectivity index (χ2v) is 7.45. The van der Waals surface area contributed by atoms with E-state index in [-0.39, 0.29) is 12.2 Å². The van der Waals surface area contributed by atoms with Crippen LogP contribution in [0.4, 0.5) is 5.82 Å². The second-order valence-electron chi connectivity index (χ2n) is 7.45. The van der Waals surface area contributed by atoms with E-state index in [1.165, 1.54) is 5.56 Å². The minimum Gasteiger partial charge on any atom is -0.372 e. The van der Waals surface area contributed by atoms with Gasteiger partial charge in [-0.3, -0.25) is 10.1 Å². The van der Waals surface area contributed by atoms with Gasteiger partial charge in [0.1, 0.15) is 12.1 Å². The predicted molar refractivity (Wildman–Crippen MR) is 108 cm³/mol. The number of ether oxygens (including phenoxy) is 1. The summed E-state index contributed by atoms with van der Waals surface area (Å²) in [5.41, 5.74) is 6.32. The molecule has 142 valence electrons. The van der Waals surface area contributed by atoms with Gasteiger partial charge in [0.15, 0.2) is 0 Å². The molecule has 0 radical (unpaired) electrons. The van der Waals surface area contributed by atoms with Crippen molar-refractivity contribution in [1.29, 1.82) is 0 Å². The molecule has 7 heteroatoms. The fourth-order valence-corrected chi connectivity index (χ4v) is 4.01. The minimum absolute atomic E-state index is 0.184. The third-order valence-electron chi connectivity index (χ3n) is 5.24. The Morgan fingerprint density at radius 3 is 2.71 bits per heavy atom. The van der Waals surface area contributed by atoms with Gasteiger partial charge in [-0.1, -0.05) is 12.1 Å². The summed E-state index contributed by atoms with van der Waals surface area (Å²) in [6, 6.07) is 8.47. The highest BCUT2D eigenvalue weighted by atomic mass is 16.5. The Morgan fingerprint density at radius 1 is 1.07 bits per heavy atom. The highest BCUT2D eigenvalue weighted by Crippen LogP contribution is 2.29. The summed E-state index contributed by atoms with van der Waals surface area (Å²) in [5.74, 6) is 0.925. The maximum atomic E-state index is 5.85. The molecule has 0 saturated carbocycles. The molecule has 1 aromatic carbocycles. The number of rotatable bonds is 3. The van der Waals surface area contributed by atoms with Crippen LogP contribution in [0.25, 0.3) is 11.1 Å². The van der Waals surface area contributed by atoms with Crippen LogP contribution in [0.1, 0.15) is 30.7 Å². The molecule has 0 aliphatic carbocycles. The first-order valence-electron chi connectivity index (χ1n) is 9.57. The normalized spacial score (nSPS) is 21.5. The second kappa shape index (κ2) is 6.83. The molecule has 5 rings (SSSR count). The van der Waals surface area contributed by atoms with Crippen molar-refractivity contribution in [3.05, 3.63) is 59.8 Å². The number of hydrogen-bond donors (Lipinski definition) is 1. The van der Waals surface area contributed by atoms with Crippen molar-refractivity contribution in [2.75, 3.05) is 18.0 Å². The smallest absolute Gasteiger partial charge is 0.132 e. The van der Waals surface area contributed by atoms with Crippen molar-refractivity contribution < 1.29 is 4.74 Å². The molecule has 28 heavy (non-hydrogen) atoms. The number of aromatic nitrogens is 4. The lowest BCUT2D eigenvalue weighted by Gasteiger charge is -2.36. The summed E-state index contributed by atoms with van der Waals surface area (Å²) in [4.78, 5) is 16.1. The van der Waals surface area contributed by atoms with Gasteiger partial charge in [0.25, 0.3) is 0 Å². The Labute approximate surface area is 163 Å². The largest absolute Gasteiger partial charge is 0.372 e. The maximum absolute atomic E-state index is 5.85. The van der Waals surface area contributed by atoms with Crippen LogP contribution in [0.5, 0.6) is 0 Å². The van der Waals surface area contributed by atoms with Crippen LogP contribution < -0.4 is 4.90 Å². The Hall–Kier alpha value is -3.06. The molecule has 3 aromatic rings. The topological polar surface area (TPSA) is 79.3 Å². The first kappa shape index (κ1) is 17.1. The maximum Gasteiger partial charge on any atom is 0.132 e. The van der Waals surface area contributed by atoms with Gasteiger partial charge in [0.05, 0.1) is 36.4 Å². The first-order valence-corrected chi connectivity index (χ1v) is 9.57. The number of H-pyrrole nitrogens is 1. The van der Waals surface area contributed by atoms with Gasteiger partial charge in [-0.2, -0.15) is 5.10 Å². The fourth-order valence-electron chi connectivity index (χ4n) is 4.01. The molecule has 0 spiro atoms. The Bertz CT molecular complexity index is 1020. The molecule has 0 amide bonds. The third-order valence-corrected chi connectivity index (χ3v) is 5.24. The summed E-state index contributed by atoms with van der Waals surface area (Å²) in [5, 5.41) is 6.93. The number of nitrogens with zero attached hydrogens (tertiary/aromatic N) is 5. The standard InChI is InChI=1S/C21H22N6O/c1-13-10-27(11-14(2)28-13)20-6-19(23-12-24-20)21-18-5-15(17-8-25-26-9-17)3-4-16(18)7-22-21/h3-6,8-9,12-14H,7,10-11H2,1-2H3,(H,25,26)/t13-,14+. The molecule has 2 atom stereocenters. The molecular weight excluding hydrogens is 352 g/mol. The van der Waals surface area contributed by atoms with E-state index < -0.39 is 0 Å². The minimum atomic E-state index is 0.184. The van der Waals surface area contributed by atoms with Crippen molar-refractivity contribution >= 4 is 11.5 Å². The van der Waals surface area contributed by atoms with E-state index in [9.17, 15) is 0 Å². The van der Waals surface area contributed by atoms with E-state index in [4.69, 9.17) is 9.73 Å². The van der Waals surface area contributed by atoms with E-state index in [0.717, 1.165) is 47.0 Å². The molecule has 1 N–H and O–H groups in total. The van der Waals surface area contributed by atoms with Crippen LogP contribution in [0, 0.1) is 0 Å². The monoisotopic (exact) mass is 374 g/mol. The van der Waals surface area contributed by atoms with Crippen LogP contribution in [0.3, 0.4) is 0 Å². The van der Waals surface area contributed by atoms with Gasteiger partial charge in [-0.15, -0.1) is 0 Å². The summed E-state index contributed by atoms with van der Waals surface area (Å²) in [7, 11) is 0. The molecule has 7 nitrogen and oxygen atoms in total. The zero-order valence-corrected chi connectivity index (χ0v) is 16.0. The first-order chi connectivity index (χ1) is 13.7. The molecule has 2 aromatic heterocycles. The van der Waals surface area contributed by atoms with Crippen LogP contribution in [-0.2, 0) is 11.3 Å². The van der Waals surface area contributed by atoms with Gasteiger partial charge in [0.2, 0.25) is 0 Å². The predicted octanol–water partition coefficient (Wildman–Crippen LogP) is 2.83. The third kappa shape index (κ3) is 3.07. The van der Waals surface area contributed by atoms with Crippen LogP contribution in [-0.4, -0.2) is 51.2 Å². The lowest BCUT2D eigenvalue weighted by Crippen LogP contribution is -2.45. The van der Waals surface area contributed by atoms with Gasteiger partial charge in [0, 0.05) is 36.5 Å². The van der Waals surface area contributed by atoms with Crippen molar-refractivity contribution in [3.8, 4) is 11.1 Å². The number of aliphatic imine (C=N–C) groups is 1. The zero-order chi connectivity index (χ0) is 19.1. The highest BCUT2D eigenvalue weighted by Gasteiger charge is 2.25. The number of nitrogens with one attached hydrogen (secondary N) is 1. The van der Waals surface area contributed by atoms with E-state index in [1.54, 1.807) is 6.33 Å². The summed E-state index contributed by atoms with van der Waals surface area (Å²) in [6.45, 7) is 6.53. The molecule has 1 fully saturated rings. The van der Waals surface area contributed by atoms with E-state index in [1.807, 2.05) is 18.5 Å². The average molecular weight is 374 g/mol. The molecule has 2 aliphatic rings. The number of morpholine rings is 1. The molecule has 0 unspecified atom stereocenters. The number of hydrogen-bond acceptors (Lipinski definition) is 6. The van der Waals surface area contributed by atoms with Crippen LogP contribution in [0.15, 0.2) is 48.0 Å². The van der Waals surface area contributed by atoms with Gasteiger partial charge in [-0.25, -0.2) is 9.97 Å². The average Bonchev–Trinajstić information content (AvgIpc) is 3.37. The van der Waals surface area contributed by atoms with Crippen molar-refractivity contribution in [2.45, 2.75) is 32.6 Å². The van der Waals surface area contributed by atoms with Gasteiger partial charge < -0.3 is 9.64 Å². The summed E-state index contributed by atoms with van der Waals surface area (Å²) < 4.78 is 5.85. The summed E-state index contributed by atoms with van der Waals surface area (Å²) in [6.07, 6.45) is 5.73. The zero-order valence-electron chi connectivity index (χ0n) is 16.0. The number of aromatic amines is 1. The van der Waals surface area contributed by atoms with E-state index in [0.29, 0.717) is 6.54 Å². The Balaban J connectivity index is 1.48. The van der Waals surface area contributed by atoms with Gasteiger partial charge >= 0.3 is 0 Å². The quantitative estimate of drug-likeness (QED) is 0.763. The number of fused-ring (bicyclic) bond motifs is 1. The van der Waals surface area contributed by atoms with E-state index in [2.05, 4.69) is 57.1 Å². The van der Waals surface area contributed by atoms with Crippen molar-refractivity contribution in [1.82, 2.24) is 20.2 Å². The van der Waals surface area contributed by atoms with E-state index >= 15 is 0 Å². The number of benzene rings is 1. The van der Waals surface area contributed by atoms with Crippen LogP contribution >= 0.6 is 0 Å². The highest BCUT2D eigenvalue weighted by molar-refractivity contribution is 6.14. The number of anilines is 1. The van der Waals surface area contributed by atoms with Gasteiger partial charge in [-0.05, 0) is 31.0 Å². The molecule has 4 heterocycles. The molecule has 0 bridgehead atoms. The molecule has 2 aliphatic heterocycles. The fraction of sp³-hybridized carbons (Fsp3) is 0.333. The SMILES string of the molecule is C[C@@H]1CN(c2cc(C3=NCc4ccc(-c5cn[nH]c5)cc43)ncn2)C[C@H](C)O1. The molecule has 1 saturated heterocycles. The summed E-state index contributed by atoms with van der Waals surface area (Å²) >= 11 is 0.